The Morgan fingerprint density at radius 2 is 2.00 bits per heavy atom. The number of rotatable bonds is 6. The highest BCUT2D eigenvalue weighted by Gasteiger charge is 2.20. The number of likely N-dealkylation sites (N-methyl/N-ethyl adjacent to an activating group) is 1. The van der Waals surface area contributed by atoms with Gasteiger partial charge in [0, 0.05) is 18.3 Å². The van der Waals surface area contributed by atoms with Gasteiger partial charge in [0.15, 0.2) is 11.6 Å². The Kier molecular flexibility index (Phi) is 6.39. The van der Waals surface area contributed by atoms with E-state index in [1.54, 1.807) is 12.1 Å². The predicted octanol–water partition coefficient (Wildman–Crippen LogP) is 3.30. The zero-order valence-corrected chi connectivity index (χ0v) is 16.0. The van der Waals surface area contributed by atoms with E-state index in [1.807, 2.05) is 13.0 Å². The molecule has 4 nitrogen and oxygen atoms in total. The standard InChI is InChI=1S/C21H27F2N3O/c1-14-9-17(25-20(24)10-14)5-4-16-11-15(12-19(22)21(16)23)3-6-18-13-27-8-7-26(18)2/h9-12,18H,3-8,13H2,1-2H3,(H2,24,25)/t18-/m0/s1. The molecule has 1 aliphatic heterocycles. The normalized spacial score (nSPS) is 18.0. The van der Waals surface area contributed by atoms with Gasteiger partial charge in [0.1, 0.15) is 5.82 Å². The number of nitrogens with zero attached hydrogens (tertiary/aromatic N) is 2. The lowest BCUT2D eigenvalue weighted by Crippen LogP contribution is -2.42. The smallest absolute Gasteiger partial charge is 0.162 e. The summed E-state index contributed by atoms with van der Waals surface area (Å²) in [5, 5.41) is 0. The number of anilines is 1. The van der Waals surface area contributed by atoms with Crippen LogP contribution >= 0.6 is 0 Å². The van der Waals surface area contributed by atoms with Gasteiger partial charge in [-0.15, -0.1) is 0 Å². The summed E-state index contributed by atoms with van der Waals surface area (Å²) < 4.78 is 33.9. The van der Waals surface area contributed by atoms with E-state index in [9.17, 15) is 8.78 Å². The minimum atomic E-state index is -0.785. The van der Waals surface area contributed by atoms with E-state index in [4.69, 9.17) is 10.5 Å². The summed E-state index contributed by atoms with van der Waals surface area (Å²) in [5.41, 5.74) is 8.78. The van der Waals surface area contributed by atoms with Crippen LogP contribution in [0.5, 0.6) is 0 Å². The highest BCUT2D eigenvalue weighted by atomic mass is 19.2. The van der Waals surface area contributed by atoms with Gasteiger partial charge in [-0.3, -0.25) is 4.90 Å². The van der Waals surface area contributed by atoms with Crippen molar-refractivity contribution in [2.75, 3.05) is 32.5 Å². The van der Waals surface area contributed by atoms with Crippen molar-refractivity contribution in [1.82, 2.24) is 9.88 Å². The number of nitrogens with two attached hydrogens (primary N) is 1. The fourth-order valence-electron chi connectivity index (χ4n) is 3.57. The van der Waals surface area contributed by atoms with Gasteiger partial charge in [0.2, 0.25) is 0 Å². The molecule has 146 valence electrons. The van der Waals surface area contributed by atoms with E-state index in [1.165, 1.54) is 6.07 Å². The number of nitrogen functional groups attached to an aromatic ring is 1. The Morgan fingerprint density at radius 1 is 1.19 bits per heavy atom. The summed E-state index contributed by atoms with van der Waals surface area (Å²) in [7, 11) is 2.07. The number of hydrogen-bond donors (Lipinski definition) is 1. The minimum absolute atomic E-state index is 0.315. The second kappa shape index (κ2) is 8.76. The summed E-state index contributed by atoms with van der Waals surface area (Å²) in [4.78, 5) is 6.53. The molecule has 0 saturated carbocycles. The van der Waals surface area contributed by atoms with Crippen molar-refractivity contribution in [2.24, 2.45) is 0 Å². The molecule has 0 radical (unpaired) electrons. The number of halogens is 2. The van der Waals surface area contributed by atoms with Crippen molar-refractivity contribution in [2.45, 2.75) is 38.6 Å². The number of benzene rings is 1. The van der Waals surface area contributed by atoms with E-state index in [0.717, 1.165) is 36.4 Å². The molecular formula is C21H27F2N3O. The van der Waals surface area contributed by atoms with Gasteiger partial charge < -0.3 is 10.5 Å². The Morgan fingerprint density at radius 3 is 2.74 bits per heavy atom. The first-order valence-electron chi connectivity index (χ1n) is 9.40. The van der Waals surface area contributed by atoms with Crippen LogP contribution < -0.4 is 5.73 Å². The number of ether oxygens (including phenoxy) is 1. The fraction of sp³-hybridized carbons (Fsp3) is 0.476. The van der Waals surface area contributed by atoms with Gasteiger partial charge in [-0.05, 0) is 74.5 Å². The summed E-state index contributed by atoms with van der Waals surface area (Å²) in [5.74, 6) is -1.10. The summed E-state index contributed by atoms with van der Waals surface area (Å²) in [6.45, 7) is 4.28. The molecule has 0 bridgehead atoms. The Labute approximate surface area is 159 Å². The molecule has 27 heavy (non-hydrogen) atoms. The third kappa shape index (κ3) is 5.23. The van der Waals surface area contributed by atoms with Crippen molar-refractivity contribution in [3.05, 3.63) is 58.3 Å². The minimum Gasteiger partial charge on any atom is -0.384 e. The molecular weight excluding hydrogens is 348 g/mol. The van der Waals surface area contributed by atoms with Gasteiger partial charge in [0.25, 0.3) is 0 Å². The maximum absolute atomic E-state index is 14.3. The fourth-order valence-corrected chi connectivity index (χ4v) is 3.57. The molecule has 2 heterocycles. The lowest BCUT2D eigenvalue weighted by atomic mass is 9.99. The van der Waals surface area contributed by atoms with E-state index in [-0.39, 0.29) is 0 Å². The maximum atomic E-state index is 14.3. The van der Waals surface area contributed by atoms with Gasteiger partial charge in [-0.1, -0.05) is 6.07 Å². The van der Waals surface area contributed by atoms with Crippen LogP contribution in [0.1, 0.15) is 28.8 Å². The molecule has 0 unspecified atom stereocenters. The first-order valence-corrected chi connectivity index (χ1v) is 9.40. The predicted molar refractivity (Wildman–Crippen MR) is 103 cm³/mol. The maximum Gasteiger partial charge on any atom is 0.162 e. The SMILES string of the molecule is Cc1cc(N)nc(CCc2cc(CC[C@H]3COCCN3C)cc(F)c2F)c1. The lowest BCUT2D eigenvalue weighted by Gasteiger charge is -2.32. The van der Waals surface area contributed by atoms with Gasteiger partial charge in [-0.25, -0.2) is 13.8 Å². The first-order chi connectivity index (χ1) is 12.9. The summed E-state index contributed by atoms with van der Waals surface area (Å²) >= 11 is 0. The van der Waals surface area contributed by atoms with E-state index >= 15 is 0 Å². The van der Waals surface area contributed by atoms with Crippen LogP contribution in [0.3, 0.4) is 0 Å². The van der Waals surface area contributed by atoms with Crippen LogP contribution in [0, 0.1) is 18.6 Å². The molecule has 1 saturated heterocycles. The zero-order chi connectivity index (χ0) is 19.4. The molecule has 3 rings (SSSR count). The highest BCUT2D eigenvalue weighted by Crippen LogP contribution is 2.20. The number of aryl methyl sites for hydroxylation is 4. The van der Waals surface area contributed by atoms with Crippen LogP contribution in [-0.2, 0) is 24.0 Å². The summed E-state index contributed by atoms with van der Waals surface area (Å²) in [6, 6.07) is 7.12. The Hall–Kier alpha value is -2.05. The number of aromatic nitrogens is 1. The van der Waals surface area contributed by atoms with Gasteiger partial charge in [0.05, 0.1) is 13.2 Å². The van der Waals surface area contributed by atoms with Crippen LogP contribution in [0.15, 0.2) is 24.3 Å². The topological polar surface area (TPSA) is 51.4 Å². The molecule has 1 aliphatic rings. The molecule has 1 fully saturated rings. The van der Waals surface area contributed by atoms with Gasteiger partial charge in [-0.2, -0.15) is 0 Å². The van der Waals surface area contributed by atoms with Crippen LogP contribution in [0.25, 0.3) is 0 Å². The lowest BCUT2D eigenvalue weighted by molar-refractivity contribution is 0.00312. The molecule has 6 heteroatoms. The molecule has 1 aromatic carbocycles. The Bertz CT molecular complexity index is 777. The highest BCUT2D eigenvalue weighted by molar-refractivity contribution is 5.35. The largest absolute Gasteiger partial charge is 0.384 e. The van der Waals surface area contributed by atoms with Crippen LogP contribution in [-0.4, -0.2) is 42.7 Å². The second-order valence-corrected chi connectivity index (χ2v) is 7.36. The van der Waals surface area contributed by atoms with Crippen LogP contribution in [0.2, 0.25) is 0 Å². The van der Waals surface area contributed by atoms with Gasteiger partial charge >= 0.3 is 0 Å². The molecule has 0 aliphatic carbocycles. The average molecular weight is 375 g/mol. The molecule has 2 N–H and O–H groups in total. The Balaban J connectivity index is 1.67. The second-order valence-electron chi connectivity index (χ2n) is 7.36. The van der Waals surface area contributed by atoms with Crippen molar-refractivity contribution in [1.29, 1.82) is 0 Å². The van der Waals surface area contributed by atoms with E-state index in [2.05, 4.69) is 16.9 Å². The zero-order valence-electron chi connectivity index (χ0n) is 16.0. The molecule has 0 spiro atoms. The third-order valence-electron chi connectivity index (χ3n) is 5.14. The molecule has 2 aromatic rings. The first kappa shape index (κ1) is 19.7. The molecule has 0 amide bonds. The quantitative estimate of drug-likeness (QED) is 0.842. The van der Waals surface area contributed by atoms with Crippen LogP contribution in [0.4, 0.5) is 14.6 Å². The number of hydrogen-bond acceptors (Lipinski definition) is 4. The van der Waals surface area contributed by atoms with E-state index in [0.29, 0.717) is 43.3 Å². The monoisotopic (exact) mass is 375 g/mol. The molecule has 1 aromatic heterocycles. The summed E-state index contributed by atoms with van der Waals surface area (Å²) in [6.07, 6.45) is 2.46. The number of pyridine rings is 1. The van der Waals surface area contributed by atoms with Crippen molar-refractivity contribution in [3.63, 3.8) is 0 Å². The average Bonchev–Trinajstić information content (AvgIpc) is 2.62. The van der Waals surface area contributed by atoms with Crippen molar-refractivity contribution >= 4 is 5.82 Å². The number of morpholine rings is 1. The third-order valence-corrected chi connectivity index (χ3v) is 5.14. The van der Waals surface area contributed by atoms with Crippen molar-refractivity contribution < 1.29 is 13.5 Å². The molecule has 1 atom stereocenters. The van der Waals surface area contributed by atoms with Crippen molar-refractivity contribution in [3.8, 4) is 0 Å². The van der Waals surface area contributed by atoms with E-state index < -0.39 is 11.6 Å².